The number of rotatable bonds is 3. The second-order valence-electron chi connectivity index (χ2n) is 4.96. The predicted molar refractivity (Wildman–Crippen MR) is 90.1 cm³/mol. The number of thiazole rings is 1. The molecule has 0 aliphatic heterocycles. The molecule has 0 saturated heterocycles. The lowest BCUT2D eigenvalue weighted by molar-refractivity contribution is -0.274. The minimum Gasteiger partial charge on any atom is -0.406 e. The normalized spacial score (nSPS) is 11.0. The van der Waals surface area contributed by atoms with Crippen LogP contribution in [0.5, 0.6) is 5.75 Å². The van der Waals surface area contributed by atoms with Crippen LogP contribution in [-0.4, -0.2) is 17.4 Å². The predicted octanol–water partition coefficient (Wildman–Crippen LogP) is 4.71. The highest BCUT2D eigenvalue weighted by Gasteiger charge is 2.31. The topological polar surface area (TPSA) is 87.0 Å². The van der Waals surface area contributed by atoms with Crippen molar-refractivity contribution < 1.29 is 22.7 Å². The SMILES string of the molecule is N#Cc1ccc(NC(=O)Nc2nc3ccc(OC(F)(F)F)cc3s2)cc1. The average Bonchev–Trinajstić information content (AvgIpc) is 2.95. The number of hydrogen-bond donors (Lipinski definition) is 2. The Morgan fingerprint density at radius 3 is 2.54 bits per heavy atom. The van der Waals surface area contributed by atoms with E-state index in [-0.39, 0.29) is 10.9 Å². The second-order valence-corrected chi connectivity index (χ2v) is 6.00. The third-order valence-electron chi connectivity index (χ3n) is 3.09. The van der Waals surface area contributed by atoms with Gasteiger partial charge >= 0.3 is 12.4 Å². The summed E-state index contributed by atoms with van der Waals surface area (Å²) in [5.74, 6) is -0.359. The van der Waals surface area contributed by atoms with Crippen molar-refractivity contribution in [2.24, 2.45) is 0 Å². The van der Waals surface area contributed by atoms with Crippen LogP contribution in [-0.2, 0) is 0 Å². The molecule has 10 heteroatoms. The fraction of sp³-hybridized carbons (Fsp3) is 0.0625. The number of nitrogens with zero attached hydrogens (tertiary/aromatic N) is 2. The summed E-state index contributed by atoms with van der Waals surface area (Å²) in [7, 11) is 0. The van der Waals surface area contributed by atoms with Crippen molar-refractivity contribution in [3.05, 3.63) is 48.0 Å². The van der Waals surface area contributed by atoms with E-state index in [1.54, 1.807) is 24.3 Å². The Hall–Kier alpha value is -3.32. The highest BCUT2D eigenvalue weighted by Crippen LogP contribution is 2.31. The molecular weight excluding hydrogens is 369 g/mol. The van der Waals surface area contributed by atoms with Gasteiger partial charge in [0.2, 0.25) is 0 Å². The largest absolute Gasteiger partial charge is 0.573 e. The average molecular weight is 378 g/mol. The molecule has 132 valence electrons. The Kier molecular flexibility index (Phi) is 4.64. The van der Waals surface area contributed by atoms with Crippen LogP contribution in [0.15, 0.2) is 42.5 Å². The van der Waals surface area contributed by atoms with Gasteiger partial charge < -0.3 is 10.1 Å². The quantitative estimate of drug-likeness (QED) is 0.691. The lowest BCUT2D eigenvalue weighted by Crippen LogP contribution is -2.19. The number of ether oxygens (including phenoxy) is 1. The molecule has 2 N–H and O–H groups in total. The van der Waals surface area contributed by atoms with E-state index < -0.39 is 12.4 Å². The van der Waals surface area contributed by atoms with Crippen molar-refractivity contribution in [2.45, 2.75) is 6.36 Å². The first-order valence-corrected chi connectivity index (χ1v) is 7.88. The van der Waals surface area contributed by atoms with Crippen molar-refractivity contribution in [2.75, 3.05) is 10.6 Å². The van der Waals surface area contributed by atoms with Crippen LogP contribution in [0.3, 0.4) is 0 Å². The van der Waals surface area contributed by atoms with Crippen LogP contribution in [0, 0.1) is 11.3 Å². The Morgan fingerprint density at radius 2 is 1.88 bits per heavy atom. The maximum Gasteiger partial charge on any atom is 0.573 e. The first-order valence-electron chi connectivity index (χ1n) is 7.07. The number of benzene rings is 2. The van der Waals surface area contributed by atoms with Crippen LogP contribution in [0.2, 0.25) is 0 Å². The van der Waals surface area contributed by atoms with Gasteiger partial charge in [0.15, 0.2) is 5.13 Å². The van der Waals surface area contributed by atoms with Gasteiger partial charge in [-0.1, -0.05) is 11.3 Å². The van der Waals surface area contributed by atoms with E-state index in [1.807, 2.05) is 6.07 Å². The first kappa shape index (κ1) is 17.5. The molecule has 0 fully saturated rings. The zero-order valence-electron chi connectivity index (χ0n) is 12.8. The van der Waals surface area contributed by atoms with Gasteiger partial charge in [-0.25, -0.2) is 9.78 Å². The van der Waals surface area contributed by atoms with E-state index in [1.165, 1.54) is 12.1 Å². The van der Waals surface area contributed by atoms with E-state index in [0.29, 0.717) is 21.5 Å². The second kappa shape index (κ2) is 6.89. The number of hydrogen-bond acceptors (Lipinski definition) is 5. The number of halogens is 3. The monoisotopic (exact) mass is 378 g/mol. The zero-order valence-corrected chi connectivity index (χ0v) is 13.6. The molecule has 0 spiro atoms. The van der Waals surface area contributed by atoms with Crippen LogP contribution in [0.1, 0.15) is 5.56 Å². The zero-order chi connectivity index (χ0) is 18.7. The Bertz CT molecular complexity index is 993. The van der Waals surface area contributed by atoms with Gasteiger partial charge in [-0.15, -0.1) is 13.2 Å². The Balaban J connectivity index is 1.69. The van der Waals surface area contributed by atoms with Gasteiger partial charge in [0, 0.05) is 11.8 Å². The minimum absolute atomic E-state index is 0.218. The van der Waals surface area contributed by atoms with Crippen molar-refractivity contribution in [1.29, 1.82) is 5.26 Å². The molecule has 6 nitrogen and oxygen atoms in total. The van der Waals surface area contributed by atoms with Gasteiger partial charge in [0.05, 0.1) is 21.8 Å². The van der Waals surface area contributed by atoms with Crippen LogP contribution < -0.4 is 15.4 Å². The van der Waals surface area contributed by atoms with E-state index in [9.17, 15) is 18.0 Å². The number of nitrogens with one attached hydrogen (secondary N) is 2. The van der Waals surface area contributed by atoms with E-state index in [4.69, 9.17) is 5.26 Å². The minimum atomic E-state index is -4.78. The number of anilines is 2. The maximum atomic E-state index is 12.3. The number of aromatic nitrogens is 1. The number of carbonyl (C=O) groups is 1. The third-order valence-corrected chi connectivity index (χ3v) is 4.02. The van der Waals surface area contributed by atoms with Gasteiger partial charge in [0.1, 0.15) is 5.75 Å². The van der Waals surface area contributed by atoms with Crippen LogP contribution in [0.25, 0.3) is 10.2 Å². The lowest BCUT2D eigenvalue weighted by atomic mass is 10.2. The number of nitriles is 1. The summed E-state index contributed by atoms with van der Waals surface area (Å²) in [6, 6.07) is 11.3. The smallest absolute Gasteiger partial charge is 0.406 e. The van der Waals surface area contributed by atoms with E-state index in [2.05, 4.69) is 20.4 Å². The molecule has 0 atom stereocenters. The van der Waals surface area contributed by atoms with Gasteiger partial charge in [0.25, 0.3) is 0 Å². The lowest BCUT2D eigenvalue weighted by Gasteiger charge is -2.07. The van der Waals surface area contributed by atoms with Crippen molar-refractivity contribution >= 4 is 38.4 Å². The molecule has 3 aromatic rings. The molecule has 0 bridgehead atoms. The number of amides is 2. The molecule has 0 aliphatic carbocycles. The number of urea groups is 1. The number of alkyl halides is 3. The molecule has 0 unspecified atom stereocenters. The molecule has 1 aromatic heterocycles. The molecule has 26 heavy (non-hydrogen) atoms. The summed E-state index contributed by atoms with van der Waals surface area (Å²) in [5.41, 5.74) is 1.36. The molecule has 2 amide bonds. The number of fused-ring (bicyclic) bond motifs is 1. The molecule has 3 rings (SSSR count). The highest BCUT2D eigenvalue weighted by atomic mass is 32.1. The van der Waals surface area contributed by atoms with Gasteiger partial charge in [-0.05, 0) is 36.4 Å². The van der Waals surface area contributed by atoms with Crippen molar-refractivity contribution in [3.63, 3.8) is 0 Å². The molecule has 0 radical (unpaired) electrons. The molecular formula is C16H9F3N4O2S. The fourth-order valence-electron chi connectivity index (χ4n) is 2.04. The molecule has 2 aromatic carbocycles. The standard InChI is InChI=1S/C16H9F3N4O2S/c17-16(18,19)25-11-5-6-12-13(7-11)26-15(22-12)23-14(24)21-10-3-1-9(8-20)2-4-10/h1-7H,(H2,21,22,23,24). The summed E-state index contributed by atoms with van der Waals surface area (Å²) in [5, 5.41) is 14.0. The van der Waals surface area contributed by atoms with Crippen LogP contribution >= 0.6 is 11.3 Å². The van der Waals surface area contributed by atoms with Crippen molar-refractivity contribution in [3.8, 4) is 11.8 Å². The maximum absolute atomic E-state index is 12.3. The molecule has 0 saturated carbocycles. The highest BCUT2D eigenvalue weighted by molar-refractivity contribution is 7.22. The molecule has 1 heterocycles. The van der Waals surface area contributed by atoms with E-state index >= 15 is 0 Å². The third kappa shape index (κ3) is 4.40. The summed E-state index contributed by atoms with van der Waals surface area (Å²) < 4.78 is 41.1. The molecule has 0 aliphatic rings. The van der Waals surface area contributed by atoms with Crippen molar-refractivity contribution in [1.82, 2.24) is 4.98 Å². The Labute approximate surface area is 148 Å². The fourth-order valence-corrected chi connectivity index (χ4v) is 2.93. The van der Waals surface area contributed by atoms with Crippen LogP contribution in [0.4, 0.5) is 28.8 Å². The summed E-state index contributed by atoms with van der Waals surface area (Å²) in [6.07, 6.45) is -4.78. The first-order chi connectivity index (χ1) is 12.3. The Morgan fingerprint density at radius 1 is 1.15 bits per heavy atom. The van der Waals surface area contributed by atoms with Gasteiger partial charge in [-0.2, -0.15) is 5.26 Å². The summed E-state index contributed by atoms with van der Waals surface area (Å²) in [4.78, 5) is 16.1. The van der Waals surface area contributed by atoms with E-state index in [0.717, 1.165) is 17.4 Å². The summed E-state index contributed by atoms with van der Waals surface area (Å²) >= 11 is 1.01. The summed E-state index contributed by atoms with van der Waals surface area (Å²) in [6.45, 7) is 0. The van der Waals surface area contributed by atoms with Gasteiger partial charge in [-0.3, -0.25) is 5.32 Å². The number of carbonyl (C=O) groups excluding carboxylic acids is 1.